The van der Waals surface area contributed by atoms with Crippen molar-refractivity contribution in [1.29, 1.82) is 0 Å². The number of morpholine rings is 1. The van der Waals surface area contributed by atoms with Crippen LogP contribution in [-0.4, -0.2) is 50.1 Å². The van der Waals surface area contributed by atoms with E-state index in [1.165, 1.54) is 12.3 Å². The van der Waals surface area contributed by atoms with Crippen LogP contribution in [0, 0.1) is 0 Å². The van der Waals surface area contributed by atoms with E-state index >= 15 is 0 Å². The first-order chi connectivity index (χ1) is 10.2. The van der Waals surface area contributed by atoms with Crippen LogP contribution in [0.15, 0.2) is 18.3 Å². The number of nitrogens with zero attached hydrogens (tertiary/aromatic N) is 2. The first-order valence-electron chi connectivity index (χ1n) is 7.11. The summed E-state index contributed by atoms with van der Waals surface area (Å²) in [6.45, 7) is 0.00647. The molecule has 2 aliphatic heterocycles. The Labute approximate surface area is 121 Å². The van der Waals surface area contributed by atoms with Crippen molar-refractivity contribution in [3.8, 4) is 5.75 Å². The number of alkyl halides is 2. The molecule has 0 aromatic carbocycles. The number of anilines is 1. The van der Waals surface area contributed by atoms with Crippen LogP contribution in [0.4, 0.5) is 14.6 Å². The van der Waals surface area contributed by atoms with Gasteiger partial charge < -0.3 is 19.1 Å². The molecule has 3 heterocycles. The average molecular weight is 300 g/mol. The third-order valence-electron chi connectivity index (χ3n) is 3.74. The minimum atomic E-state index is -2.83. The van der Waals surface area contributed by atoms with E-state index in [2.05, 4.69) is 14.6 Å². The van der Waals surface area contributed by atoms with Crippen LogP contribution in [0.5, 0.6) is 5.75 Å². The lowest BCUT2D eigenvalue weighted by Crippen LogP contribution is -2.47. The number of ether oxygens (including phenoxy) is 3. The molecule has 0 amide bonds. The van der Waals surface area contributed by atoms with Gasteiger partial charge in [-0.2, -0.15) is 8.78 Å². The lowest BCUT2D eigenvalue weighted by Gasteiger charge is -2.36. The van der Waals surface area contributed by atoms with Gasteiger partial charge in [0.15, 0.2) is 0 Å². The zero-order valence-electron chi connectivity index (χ0n) is 11.6. The molecular weight excluding hydrogens is 282 g/mol. The second kappa shape index (κ2) is 6.53. The summed E-state index contributed by atoms with van der Waals surface area (Å²) in [5.74, 6) is 0.806. The van der Waals surface area contributed by atoms with E-state index in [9.17, 15) is 8.78 Å². The summed E-state index contributed by atoms with van der Waals surface area (Å²) in [4.78, 5) is 6.27. The number of hydrogen-bond acceptors (Lipinski definition) is 5. The molecule has 1 aromatic rings. The van der Waals surface area contributed by atoms with Gasteiger partial charge in [-0.05, 0) is 25.0 Å². The highest BCUT2D eigenvalue weighted by molar-refractivity contribution is 5.41. The summed E-state index contributed by atoms with van der Waals surface area (Å²) in [6.07, 6.45) is 3.60. The van der Waals surface area contributed by atoms with E-state index in [4.69, 9.17) is 9.47 Å². The Morgan fingerprint density at radius 3 is 2.76 bits per heavy atom. The van der Waals surface area contributed by atoms with Crippen molar-refractivity contribution in [2.45, 2.75) is 31.7 Å². The molecule has 0 unspecified atom stereocenters. The quantitative estimate of drug-likeness (QED) is 0.851. The summed E-state index contributed by atoms with van der Waals surface area (Å²) in [5.41, 5.74) is 0. The van der Waals surface area contributed by atoms with Crippen molar-refractivity contribution in [2.75, 3.05) is 31.2 Å². The van der Waals surface area contributed by atoms with Crippen molar-refractivity contribution in [1.82, 2.24) is 4.98 Å². The van der Waals surface area contributed by atoms with Crippen LogP contribution < -0.4 is 9.64 Å². The molecule has 5 nitrogen and oxygen atoms in total. The normalized spacial score (nSPS) is 26.3. The number of hydrogen-bond donors (Lipinski definition) is 0. The van der Waals surface area contributed by atoms with Gasteiger partial charge in [-0.3, -0.25) is 0 Å². The maximum atomic E-state index is 12.1. The Morgan fingerprint density at radius 1 is 1.24 bits per heavy atom. The molecule has 0 radical (unpaired) electrons. The fourth-order valence-electron chi connectivity index (χ4n) is 2.74. The first kappa shape index (κ1) is 14.5. The highest BCUT2D eigenvalue weighted by Gasteiger charge is 2.31. The Balaban J connectivity index is 1.62. The van der Waals surface area contributed by atoms with E-state index in [1.807, 2.05) is 0 Å². The summed E-state index contributed by atoms with van der Waals surface area (Å²) < 4.78 is 40.0. The largest absolute Gasteiger partial charge is 0.433 e. The Bertz CT molecular complexity index is 452. The number of halogens is 2. The molecule has 0 N–H and O–H groups in total. The molecule has 0 saturated carbocycles. The molecule has 0 spiro atoms. The van der Waals surface area contributed by atoms with E-state index in [1.54, 1.807) is 6.07 Å². The van der Waals surface area contributed by atoms with Crippen LogP contribution >= 0.6 is 0 Å². The van der Waals surface area contributed by atoms with Crippen molar-refractivity contribution in [2.24, 2.45) is 0 Å². The van der Waals surface area contributed by atoms with E-state index in [0.29, 0.717) is 13.2 Å². The van der Waals surface area contributed by atoms with Gasteiger partial charge in [-0.25, -0.2) is 4.98 Å². The SMILES string of the molecule is FC(F)Oc1ccc(N2CCO[C@@H]([C@@H]3CCCO3)C2)nc1. The lowest BCUT2D eigenvalue weighted by atomic mass is 10.1. The predicted molar refractivity (Wildman–Crippen MR) is 71.8 cm³/mol. The Kier molecular flexibility index (Phi) is 4.50. The standard InChI is InChI=1S/C14H18F2N2O3/c15-14(16)21-10-3-4-13(17-8-10)18-5-7-20-12(9-18)11-2-1-6-19-11/h3-4,8,11-12,14H,1-2,5-7,9H2/t11-,12+/m0/s1. The third kappa shape index (κ3) is 3.59. The van der Waals surface area contributed by atoms with Crippen molar-refractivity contribution in [3.05, 3.63) is 18.3 Å². The zero-order chi connectivity index (χ0) is 14.7. The van der Waals surface area contributed by atoms with Gasteiger partial charge in [0.2, 0.25) is 0 Å². The smallest absolute Gasteiger partial charge is 0.387 e. The molecule has 2 saturated heterocycles. The van der Waals surface area contributed by atoms with Gasteiger partial charge >= 0.3 is 6.61 Å². The van der Waals surface area contributed by atoms with Gasteiger partial charge in [0, 0.05) is 19.7 Å². The third-order valence-corrected chi connectivity index (χ3v) is 3.74. The minimum absolute atomic E-state index is 0.0417. The summed E-state index contributed by atoms with van der Waals surface area (Å²) in [7, 11) is 0. The highest BCUT2D eigenvalue weighted by atomic mass is 19.3. The number of rotatable bonds is 4. The van der Waals surface area contributed by atoms with Gasteiger partial charge in [0.1, 0.15) is 17.7 Å². The van der Waals surface area contributed by atoms with E-state index in [0.717, 1.165) is 31.8 Å². The van der Waals surface area contributed by atoms with Crippen LogP contribution in [0.3, 0.4) is 0 Å². The van der Waals surface area contributed by atoms with Crippen LogP contribution in [0.2, 0.25) is 0 Å². The average Bonchev–Trinajstić information content (AvgIpc) is 3.02. The van der Waals surface area contributed by atoms with Crippen LogP contribution in [0.1, 0.15) is 12.8 Å². The fraction of sp³-hybridized carbons (Fsp3) is 0.643. The molecule has 2 fully saturated rings. The molecule has 21 heavy (non-hydrogen) atoms. The Hall–Kier alpha value is -1.47. The maximum Gasteiger partial charge on any atom is 0.387 e. The van der Waals surface area contributed by atoms with Crippen molar-refractivity contribution < 1.29 is 23.0 Å². The topological polar surface area (TPSA) is 43.8 Å². The summed E-state index contributed by atoms with van der Waals surface area (Å²) in [5, 5.41) is 0. The van der Waals surface area contributed by atoms with Crippen LogP contribution in [0.25, 0.3) is 0 Å². The van der Waals surface area contributed by atoms with E-state index in [-0.39, 0.29) is 18.0 Å². The minimum Gasteiger partial charge on any atom is -0.433 e. The molecule has 0 aliphatic carbocycles. The summed E-state index contributed by atoms with van der Waals surface area (Å²) in [6, 6.07) is 3.20. The second-order valence-electron chi connectivity index (χ2n) is 5.14. The van der Waals surface area contributed by atoms with Crippen molar-refractivity contribution in [3.63, 3.8) is 0 Å². The fourth-order valence-corrected chi connectivity index (χ4v) is 2.74. The molecule has 3 rings (SSSR count). The van der Waals surface area contributed by atoms with Gasteiger partial charge in [0.05, 0.1) is 18.9 Å². The monoisotopic (exact) mass is 300 g/mol. The molecule has 2 aliphatic rings. The lowest BCUT2D eigenvalue weighted by molar-refractivity contribution is -0.0545. The summed E-state index contributed by atoms with van der Waals surface area (Å²) >= 11 is 0. The molecule has 116 valence electrons. The first-order valence-corrected chi connectivity index (χ1v) is 7.11. The van der Waals surface area contributed by atoms with Gasteiger partial charge in [-0.15, -0.1) is 0 Å². The van der Waals surface area contributed by atoms with Crippen molar-refractivity contribution >= 4 is 5.82 Å². The number of aromatic nitrogens is 1. The second-order valence-corrected chi connectivity index (χ2v) is 5.14. The number of pyridine rings is 1. The molecule has 7 heteroatoms. The van der Waals surface area contributed by atoms with E-state index < -0.39 is 6.61 Å². The predicted octanol–water partition coefficient (Wildman–Crippen LogP) is 2.07. The molecule has 1 aromatic heterocycles. The molecular formula is C14H18F2N2O3. The molecule has 2 atom stereocenters. The highest BCUT2D eigenvalue weighted by Crippen LogP contribution is 2.24. The Morgan fingerprint density at radius 2 is 2.10 bits per heavy atom. The van der Waals surface area contributed by atoms with Crippen LogP contribution in [-0.2, 0) is 9.47 Å². The van der Waals surface area contributed by atoms with Gasteiger partial charge in [-0.1, -0.05) is 0 Å². The molecule has 0 bridgehead atoms. The zero-order valence-corrected chi connectivity index (χ0v) is 11.6. The maximum absolute atomic E-state index is 12.1. The van der Waals surface area contributed by atoms with Gasteiger partial charge in [0.25, 0.3) is 0 Å².